The van der Waals surface area contributed by atoms with Crippen LogP contribution in [0.15, 0.2) is 24.3 Å². The Morgan fingerprint density at radius 3 is 2.17 bits per heavy atom. The van der Waals surface area contributed by atoms with Crippen molar-refractivity contribution in [2.75, 3.05) is 6.61 Å². The summed E-state index contributed by atoms with van der Waals surface area (Å²) in [4.78, 5) is 12.1. The van der Waals surface area contributed by atoms with E-state index in [4.69, 9.17) is 10.8 Å². The first-order valence-electron chi connectivity index (χ1n) is 8.66. The topological polar surface area (TPSA) is 63.3 Å². The summed E-state index contributed by atoms with van der Waals surface area (Å²) in [5, 5.41) is 8.95. The fourth-order valence-electron chi connectivity index (χ4n) is 2.58. The number of hydrogen-bond acceptors (Lipinski definition) is 3. The molecule has 1 aromatic rings. The van der Waals surface area contributed by atoms with Gasteiger partial charge in [-0.15, -0.1) is 12.4 Å². The van der Waals surface area contributed by atoms with Crippen LogP contribution in [0.2, 0.25) is 0 Å². The molecule has 0 radical (unpaired) electrons. The molecule has 0 aliphatic rings. The van der Waals surface area contributed by atoms with Crippen LogP contribution in [0, 0.1) is 0 Å². The zero-order valence-electron chi connectivity index (χ0n) is 14.3. The first-order chi connectivity index (χ1) is 10.7. The number of hydrogen-bond donors (Lipinski definition) is 2. The highest BCUT2D eigenvalue weighted by atomic mass is 35.5. The zero-order valence-corrected chi connectivity index (χ0v) is 15.1. The Kier molecular flexibility index (Phi) is 13.0. The molecule has 0 fully saturated rings. The quantitative estimate of drug-likeness (QED) is 0.440. The van der Waals surface area contributed by atoms with Gasteiger partial charge >= 0.3 is 0 Å². The molecule has 1 rings (SSSR count). The van der Waals surface area contributed by atoms with E-state index in [2.05, 4.69) is 6.92 Å². The number of aliphatic hydroxyl groups is 1. The van der Waals surface area contributed by atoms with E-state index in [0.717, 1.165) is 24.0 Å². The summed E-state index contributed by atoms with van der Waals surface area (Å²) < 4.78 is 0. The second kappa shape index (κ2) is 13.5. The Labute approximate surface area is 147 Å². The first kappa shape index (κ1) is 22.1. The van der Waals surface area contributed by atoms with Gasteiger partial charge in [0.2, 0.25) is 0 Å². The third-order valence-corrected chi connectivity index (χ3v) is 4.02. The average Bonchev–Trinajstić information content (AvgIpc) is 2.54. The van der Waals surface area contributed by atoms with E-state index in [1.807, 2.05) is 24.3 Å². The van der Waals surface area contributed by atoms with Crippen molar-refractivity contribution < 1.29 is 9.90 Å². The molecule has 0 aromatic heterocycles. The molecule has 23 heavy (non-hydrogen) atoms. The van der Waals surface area contributed by atoms with Crippen LogP contribution in [0.1, 0.15) is 74.2 Å². The third-order valence-electron chi connectivity index (χ3n) is 4.02. The molecule has 3 nitrogen and oxygen atoms in total. The number of benzene rings is 1. The maximum Gasteiger partial charge on any atom is 0.162 e. The van der Waals surface area contributed by atoms with Crippen LogP contribution in [0.25, 0.3) is 0 Å². The van der Waals surface area contributed by atoms with Gasteiger partial charge in [0.05, 0.1) is 6.61 Å². The van der Waals surface area contributed by atoms with Gasteiger partial charge in [-0.25, -0.2) is 0 Å². The molecule has 0 spiro atoms. The van der Waals surface area contributed by atoms with Crippen LogP contribution >= 0.6 is 12.4 Å². The van der Waals surface area contributed by atoms with Crippen molar-refractivity contribution >= 4 is 18.2 Å². The zero-order chi connectivity index (χ0) is 16.2. The number of unbranched alkanes of at least 4 members (excludes halogenated alkanes) is 6. The highest BCUT2D eigenvalue weighted by molar-refractivity contribution is 5.96. The molecule has 0 heterocycles. The molecule has 0 aliphatic heterocycles. The molecule has 4 heteroatoms. The van der Waals surface area contributed by atoms with Gasteiger partial charge < -0.3 is 10.8 Å². The summed E-state index contributed by atoms with van der Waals surface area (Å²) in [6.45, 7) is 2.21. The molecule has 0 amide bonds. The summed E-state index contributed by atoms with van der Waals surface area (Å²) in [5.41, 5.74) is 7.56. The van der Waals surface area contributed by atoms with Gasteiger partial charge in [0.1, 0.15) is 0 Å². The third kappa shape index (κ3) is 9.75. The smallest absolute Gasteiger partial charge is 0.162 e. The van der Waals surface area contributed by atoms with E-state index in [0.29, 0.717) is 12.8 Å². The summed E-state index contributed by atoms with van der Waals surface area (Å²) in [6, 6.07) is 7.40. The second-order valence-electron chi connectivity index (χ2n) is 6.14. The number of rotatable bonds is 12. The molecule has 132 valence electrons. The number of aliphatic hydroxyl groups excluding tert-OH is 1. The van der Waals surface area contributed by atoms with Crippen LogP contribution in [0.3, 0.4) is 0 Å². The Bertz CT molecular complexity index is 420. The lowest BCUT2D eigenvalue weighted by Crippen LogP contribution is -2.26. The highest BCUT2D eigenvalue weighted by Gasteiger charge is 2.07. The van der Waals surface area contributed by atoms with Crippen molar-refractivity contribution in [2.24, 2.45) is 5.73 Å². The van der Waals surface area contributed by atoms with Gasteiger partial charge in [-0.2, -0.15) is 0 Å². The van der Waals surface area contributed by atoms with E-state index in [-0.39, 0.29) is 30.8 Å². The number of ketones is 1. The molecular weight excluding hydrogens is 310 g/mol. The van der Waals surface area contributed by atoms with Gasteiger partial charge in [0, 0.05) is 18.0 Å². The minimum absolute atomic E-state index is 0. The summed E-state index contributed by atoms with van der Waals surface area (Å²) in [5.74, 6) is 0.228. The van der Waals surface area contributed by atoms with Crippen molar-refractivity contribution in [3.63, 3.8) is 0 Å². The largest absolute Gasteiger partial charge is 0.395 e. The Balaban J connectivity index is 0.00000484. The Morgan fingerprint density at radius 1 is 1.04 bits per heavy atom. The SMILES string of the molecule is CCCCCCCCCC(=O)c1ccc(C[C@H](N)CO)cc1.Cl. The van der Waals surface area contributed by atoms with E-state index in [1.165, 1.54) is 32.1 Å². The van der Waals surface area contributed by atoms with E-state index < -0.39 is 0 Å². The monoisotopic (exact) mass is 341 g/mol. The fourth-order valence-corrected chi connectivity index (χ4v) is 2.58. The molecule has 0 bridgehead atoms. The standard InChI is InChI=1S/C19H31NO2.ClH/c1-2-3-4-5-6-7-8-9-19(22)17-12-10-16(11-13-17)14-18(20)15-21;/h10-13,18,21H,2-9,14-15,20H2,1H3;1H/t18-;/m0./s1. The normalized spacial score (nSPS) is 11.8. The molecule has 1 atom stereocenters. The molecule has 3 N–H and O–H groups in total. The Hall–Kier alpha value is -0.900. The number of halogens is 1. The highest BCUT2D eigenvalue weighted by Crippen LogP contribution is 2.13. The van der Waals surface area contributed by atoms with Crippen molar-refractivity contribution in [2.45, 2.75) is 70.8 Å². The molecule has 1 aromatic carbocycles. The van der Waals surface area contributed by atoms with E-state index in [1.54, 1.807) is 0 Å². The summed E-state index contributed by atoms with van der Waals surface area (Å²) in [7, 11) is 0. The first-order valence-corrected chi connectivity index (χ1v) is 8.66. The van der Waals surface area contributed by atoms with Gasteiger partial charge in [0.25, 0.3) is 0 Å². The maximum absolute atomic E-state index is 12.1. The fraction of sp³-hybridized carbons (Fsp3) is 0.632. The van der Waals surface area contributed by atoms with Crippen LogP contribution < -0.4 is 5.73 Å². The summed E-state index contributed by atoms with van der Waals surface area (Å²) >= 11 is 0. The lowest BCUT2D eigenvalue weighted by molar-refractivity contribution is 0.0979. The van der Waals surface area contributed by atoms with Crippen LogP contribution in [0.5, 0.6) is 0 Å². The average molecular weight is 342 g/mol. The van der Waals surface area contributed by atoms with Crippen molar-refractivity contribution in [1.82, 2.24) is 0 Å². The minimum atomic E-state index is -0.228. The van der Waals surface area contributed by atoms with Crippen LogP contribution in [-0.2, 0) is 6.42 Å². The van der Waals surface area contributed by atoms with Crippen molar-refractivity contribution in [3.8, 4) is 0 Å². The van der Waals surface area contributed by atoms with Gasteiger partial charge in [0.15, 0.2) is 5.78 Å². The number of Topliss-reactive ketones (excluding diaryl/α,β-unsaturated/α-hetero) is 1. The van der Waals surface area contributed by atoms with Crippen LogP contribution in [-0.4, -0.2) is 23.5 Å². The second-order valence-corrected chi connectivity index (χ2v) is 6.14. The van der Waals surface area contributed by atoms with Crippen molar-refractivity contribution in [1.29, 1.82) is 0 Å². The minimum Gasteiger partial charge on any atom is -0.395 e. The summed E-state index contributed by atoms with van der Waals surface area (Å²) in [6.07, 6.45) is 9.88. The maximum atomic E-state index is 12.1. The van der Waals surface area contributed by atoms with Crippen LogP contribution in [0.4, 0.5) is 0 Å². The van der Waals surface area contributed by atoms with Crippen molar-refractivity contribution in [3.05, 3.63) is 35.4 Å². The lowest BCUT2D eigenvalue weighted by Gasteiger charge is -2.08. The molecule has 0 saturated heterocycles. The molecule has 0 aliphatic carbocycles. The predicted octanol–water partition coefficient (Wildman–Crippen LogP) is 4.29. The van der Waals surface area contributed by atoms with Gasteiger partial charge in [-0.1, -0.05) is 69.7 Å². The molecular formula is C19H32ClNO2. The van der Waals surface area contributed by atoms with E-state index >= 15 is 0 Å². The number of nitrogens with two attached hydrogens (primary N) is 1. The Morgan fingerprint density at radius 2 is 1.61 bits per heavy atom. The number of carbonyl (C=O) groups is 1. The number of carbonyl (C=O) groups excluding carboxylic acids is 1. The lowest BCUT2D eigenvalue weighted by atomic mass is 10.0. The predicted molar refractivity (Wildman–Crippen MR) is 99.4 cm³/mol. The van der Waals surface area contributed by atoms with Gasteiger partial charge in [-0.05, 0) is 18.4 Å². The van der Waals surface area contributed by atoms with E-state index in [9.17, 15) is 4.79 Å². The molecule has 0 saturated carbocycles. The van der Waals surface area contributed by atoms with Gasteiger partial charge in [-0.3, -0.25) is 4.79 Å². The molecule has 0 unspecified atom stereocenters.